The molecule has 0 heterocycles. The number of unbranched alkanes of at least 4 members (excludes halogenated alkanes) is 4. The highest BCUT2D eigenvalue weighted by Gasteiger charge is 2.39. The van der Waals surface area contributed by atoms with E-state index in [0.29, 0.717) is 5.88 Å². The van der Waals surface area contributed by atoms with Gasteiger partial charge < -0.3 is 14.2 Å². The highest BCUT2D eigenvalue weighted by Crippen LogP contribution is 2.29. The van der Waals surface area contributed by atoms with Crippen LogP contribution >= 0.6 is 11.6 Å². The number of hydrogen-bond donors (Lipinski definition) is 0. The Labute approximate surface area is 111 Å². The Morgan fingerprint density at radius 3 is 1.88 bits per heavy atom. The van der Waals surface area contributed by atoms with Gasteiger partial charge in [0.25, 0.3) is 5.97 Å². The molecule has 0 aliphatic heterocycles. The minimum absolute atomic E-state index is 0.0609. The molecule has 4 heteroatoms. The molecular formula is C13H27ClO3. The fourth-order valence-electron chi connectivity index (χ4n) is 2.09. The Kier molecular flexibility index (Phi) is 10.2. The summed E-state index contributed by atoms with van der Waals surface area (Å²) in [5.41, 5.74) is 0. The molecule has 0 aliphatic carbocycles. The summed E-state index contributed by atoms with van der Waals surface area (Å²) in [4.78, 5) is 0. The molecule has 0 aromatic heterocycles. The van der Waals surface area contributed by atoms with Crippen LogP contribution in [-0.4, -0.2) is 33.2 Å². The molecule has 0 fully saturated rings. The van der Waals surface area contributed by atoms with Gasteiger partial charge in [0.05, 0.1) is 5.92 Å². The molecule has 17 heavy (non-hydrogen) atoms. The first-order valence-electron chi connectivity index (χ1n) is 6.42. The van der Waals surface area contributed by atoms with E-state index in [1.54, 1.807) is 21.3 Å². The lowest BCUT2D eigenvalue weighted by atomic mass is 9.99. The molecule has 0 radical (unpaired) electrons. The molecule has 1 atom stereocenters. The van der Waals surface area contributed by atoms with Crippen LogP contribution in [0.25, 0.3) is 0 Å². The van der Waals surface area contributed by atoms with Gasteiger partial charge in [-0.15, -0.1) is 11.6 Å². The van der Waals surface area contributed by atoms with E-state index in [-0.39, 0.29) is 5.92 Å². The van der Waals surface area contributed by atoms with Crippen LogP contribution in [0.4, 0.5) is 0 Å². The van der Waals surface area contributed by atoms with Crippen molar-refractivity contribution in [2.24, 2.45) is 5.92 Å². The minimum atomic E-state index is -0.994. The van der Waals surface area contributed by atoms with E-state index >= 15 is 0 Å². The number of rotatable bonds is 11. The second-order valence-corrected chi connectivity index (χ2v) is 4.58. The largest absolute Gasteiger partial charge is 0.331 e. The van der Waals surface area contributed by atoms with Gasteiger partial charge in [0.1, 0.15) is 0 Å². The van der Waals surface area contributed by atoms with Gasteiger partial charge in [0.2, 0.25) is 0 Å². The van der Waals surface area contributed by atoms with Crippen LogP contribution in [0.2, 0.25) is 0 Å². The molecule has 104 valence electrons. The van der Waals surface area contributed by atoms with E-state index in [1.807, 2.05) is 0 Å². The second kappa shape index (κ2) is 10.1. The van der Waals surface area contributed by atoms with Crippen molar-refractivity contribution >= 4 is 11.6 Å². The third-order valence-electron chi connectivity index (χ3n) is 3.20. The predicted molar refractivity (Wildman–Crippen MR) is 71.3 cm³/mol. The quantitative estimate of drug-likeness (QED) is 0.323. The summed E-state index contributed by atoms with van der Waals surface area (Å²) >= 11 is 5.99. The molecule has 3 nitrogen and oxygen atoms in total. The fourth-order valence-corrected chi connectivity index (χ4v) is 2.44. The van der Waals surface area contributed by atoms with Gasteiger partial charge in [0.15, 0.2) is 0 Å². The topological polar surface area (TPSA) is 27.7 Å². The van der Waals surface area contributed by atoms with Gasteiger partial charge in [-0.25, -0.2) is 0 Å². The average molecular weight is 267 g/mol. The summed E-state index contributed by atoms with van der Waals surface area (Å²) in [5.74, 6) is -0.457. The number of methoxy groups -OCH3 is 3. The Morgan fingerprint density at radius 2 is 1.47 bits per heavy atom. The lowest BCUT2D eigenvalue weighted by Gasteiger charge is -2.35. The van der Waals surface area contributed by atoms with E-state index in [9.17, 15) is 0 Å². The maximum absolute atomic E-state index is 5.99. The summed E-state index contributed by atoms with van der Waals surface area (Å²) in [6.07, 6.45) is 7.17. The molecule has 0 aromatic carbocycles. The van der Waals surface area contributed by atoms with Crippen molar-refractivity contribution in [1.82, 2.24) is 0 Å². The van der Waals surface area contributed by atoms with Crippen LogP contribution in [0, 0.1) is 5.92 Å². The first-order chi connectivity index (χ1) is 8.20. The molecule has 0 aliphatic rings. The predicted octanol–water partition coefficient (Wildman–Crippen LogP) is 3.79. The van der Waals surface area contributed by atoms with E-state index < -0.39 is 5.97 Å². The Balaban J connectivity index is 4.11. The molecule has 0 spiro atoms. The fraction of sp³-hybridized carbons (Fsp3) is 1.00. The van der Waals surface area contributed by atoms with Crippen molar-refractivity contribution in [3.8, 4) is 0 Å². The summed E-state index contributed by atoms with van der Waals surface area (Å²) < 4.78 is 16.0. The van der Waals surface area contributed by atoms with Crippen LogP contribution in [0.5, 0.6) is 0 Å². The first kappa shape index (κ1) is 17.2. The van der Waals surface area contributed by atoms with Crippen molar-refractivity contribution in [3.63, 3.8) is 0 Å². The van der Waals surface area contributed by atoms with Crippen LogP contribution in [0.15, 0.2) is 0 Å². The van der Waals surface area contributed by atoms with Gasteiger partial charge >= 0.3 is 0 Å². The molecule has 0 N–H and O–H groups in total. The number of ether oxygens (including phenoxy) is 3. The zero-order valence-corrected chi connectivity index (χ0v) is 12.4. The number of hydrogen-bond acceptors (Lipinski definition) is 3. The zero-order chi connectivity index (χ0) is 13.1. The Hall–Kier alpha value is 0.170. The first-order valence-corrected chi connectivity index (χ1v) is 6.95. The van der Waals surface area contributed by atoms with E-state index in [0.717, 1.165) is 12.8 Å². The lowest BCUT2D eigenvalue weighted by Crippen LogP contribution is -2.44. The van der Waals surface area contributed by atoms with Crippen molar-refractivity contribution < 1.29 is 14.2 Å². The second-order valence-electron chi connectivity index (χ2n) is 4.27. The van der Waals surface area contributed by atoms with Gasteiger partial charge in [-0.05, 0) is 6.42 Å². The standard InChI is InChI=1S/C13H27ClO3/c1-5-6-7-8-9-10-12(11-14)13(15-2,16-3)17-4/h12H,5-11H2,1-4H3. The van der Waals surface area contributed by atoms with Crippen LogP contribution in [0.1, 0.15) is 45.4 Å². The summed E-state index contributed by atoms with van der Waals surface area (Å²) in [7, 11) is 4.76. The van der Waals surface area contributed by atoms with Crippen molar-refractivity contribution in [3.05, 3.63) is 0 Å². The number of halogens is 1. The monoisotopic (exact) mass is 266 g/mol. The maximum atomic E-state index is 5.99. The maximum Gasteiger partial charge on any atom is 0.286 e. The molecule has 0 saturated heterocycles. The third-order valence-corrected chi connectivity index (χ3v) is 3.57. The Bertz CT molecular complexity index is 164. The van der Waals surface area contributed by atoms with Crippen molar-refractivity contribution in [1.29, 1.82) is 0 Å². The van der Waals surface area contributed by atoms with Crippen LogP contribution in [-0.2, 0) is 14.2 Å². The molecule has 1 unspecified atom stereocenters. The highest BCUT2D eigenvalue weighted by atomic mass is 35.5. The van der Waals surface area contributed by atoms with Crippen LogP contribution in [0.3, 0.4) is 0 Å². The van der Waals surface area contributed by atoms with E-state index in [4.69, 9.17) is 25.8 Å². The van der Waals surface area contributed by atoms with Crippen molar-refractivity contribution in [2.75, 3.05) is 27.2 Å². The SMILES string of the molecule is CCCCCCCC(CCl)C(OC)(OC)OC. The highest BCUT2D eigenvalue weighted by molar-refractivity contribution is 6.18. The summed E-state index contributed by atoms with van der Waals surface area (Å²) in [5, 5.41) is 0. The summed E-state index contributed by atoms with van der Waals surface area (Å²) in [6.45, 7) is 2.22. The van der Waals surface area contributed by atoms with E-state index in [1.165, 1.54) is 25.7 Å². The van der Waals surface area contributed by atoms with Crippen molar-refractivity contribution in [2.45, 2.75) is 51.4 Å². The van der Waals surface area contributed by atoms with Gasteiger partial charge in [-0.3, -0.25) is 0 Å². The molecule has 0 aromatic rings. The molecule has 0 bridgehead atoms. The minimum Gasteiger partial charge on any atom is -0.331 e. The smallest absolute Gasteiger partial charge is 0.286 e. The molecule has 0 saturated carbocycles. The number of alkyl halides is 1. The van der Waals surface area contributed by atoms with Crippen LogP contribution < -0.4 is 0 Å². The summed E-state index contributed by atoms with van der Waals surface area (Å²) in [6, 6.07) is 0. The molecule has 0 rings (SSSR count). The van der Waals surface area contributed by atoms with Gasteiger partial charge in [0, 0.05) is 27.2 Å². The molecule has 0 amide bonds. The average Bonchev–Trinajstić information content (AvgIpc) is 2.38. The normalized spacial score (nSPS) is 13.9. The molecular weight excluding hydrogens is 240 g/mol. The van der Waals surface area contributed by atoms with Gasteiger partial charge in [-0.2, -0.15) is 0 Å². The Morgan fingerprint density at radius 1 is 0.941 bits per heavy atom. The lowest BCUT2D eigenvalue weighted by molar-refractivity contribution is -0.376. The zero-order valence-electron chi connectivity index (χ0n) is 11.6. The third kappa shape index (κ3) is 5.56. The van der Waals surface area contributed by atoms with E-state index in [2.05, 4.69) is 6.92 Å². The van der Waals surface area contributed by atoms with Gasteiger partial charge in [-0.1, -0.05) is 39.0 Å².